The second-order valence-corrected chi connectivity index (χ2v) is 9.16. The third-order valence-electron chi connectivity index (χ3n) is 5.87. The van der Waals surface area contributed by atoms with Gasteiger partial charge in [0.15, 0.2) is 0 Å². The van der Waals surface area contributed by atoms with E-state index in [9.17, 15) is 4.79 Å². The van der Waals surface area contributed by atoms with Crippen LogP contribution in [0.1, 0.15) is 29.8 Å². The topological polar surface area (TPSA) is 68.6 Å². The van der Waals surface area contributed by atoms with E-state index < -0.39 is 0 Å². The van der Waals surface area contributed by atoms with Crippen molar-refractivity contribution in [2.75, 3.05) is 39.9 Å². The Bertz CT molecular complexity index is 1080. The molecular weight excluding hydrogens is 428 g/mol. The maximum atomic E-state index is 13.3. The highest BCUT2D eigenvalue weighted by molar-refractivity contribution is 5.99. The molecule has 1 N–H and O–H groups in total. The zero-order chi connectivity index (χ0) is 23.9. The molecule has 1 saturated heterocycles. The largest absolute Gasteiger partial charge is 0.497 e. The second-order valence-electron chi connectivity index (χ2n) is 9.16. The molecular formula is C27H34N4O3. The first-order valence-corrected chi connectivity index (χ1v) is 11.9. The zero-order valence-corrected chi connectivity index (χ0v) is 20.2. The van der Waals surface area contributed by atoms with Crippen LogP contribution in [-0.4, -0.2) is 66.6 Å². The molecule has 7 heteroatoms. The number of amides is 1. The average molecular weight is 463 g/mol. The molecule has 180 valence electrons. The molecule has 1 aromatic heterocycles. The highest BCUT2D eigenvalue weighted by Gasteiger charge is 2.23. The van der Waals surface area contributed by atoms with E-state index in [2.05, 4.69) is 36.2 Å². The number of ether oxygens (including phenoxy) is 2. The molecule has 7 nitrogen and oxygen atoms in total. The summed E-state index contributed by atoms with van der Waals surface area (Å²) in [6, 6.07) is 17.7. The number of nitrogens with one attached hydrogen (secondary N) is 1. The van der Waals surface area contributed by atoms with Gasteiger partial charge >= 0.3 is 0 Å². The fraction of sp³-hybridized carbons (Fsp3) is 0.407. The normalized spacial score (nSPS) is 16.5. The number of rotatable bonds is 9. The summed E-state index contributed by atoms with van der Waals surface area (Å²) in [4.78, 5) is 15.7. The molecule has 1 amide bonds. The summed E-state index contributed by atoms with van der Waals surface area (Å²) in [7, 11) is 1.63. The Morgan fingerprint density at radius 1 is 1.21 bits per heavy atom. The minimum Gasteiger partial charge on any atom is -0.497 e. The van der Waals surface area contributed by atoms with Crippen molar-refractivity contribution < 1.29 is 14.3 Å². The molecule has 1 aliphatic rings. The lowest BCUT2D eigenvalue weighted by Crippen LogP contribution is -2.48. The van der Waals surface area contributed by atoms with Gasteiger partial charge in [-0.3, -0.25) is 14.4 Å². The quantitative estimate of drug-likeness (QED) is 0.525. The summed E-state index contributed by atoms with van der Waals surface area (Å²) in [6.07, 6.45) is 1.81. The minimum absolute atomic E-state index is 0.0175. The Balaban J connectivity index is 1.52. The van der Waals surface area contributed by atoms with Crippen LogP contribution in [0.2, 0.25) is 0 Å². The number of benzene rings is 2. The minimum atomic E-state index is -0.151. The van der Waals surface area contributed by atoms with E-state index in [1.165, 1.54) is 0 Å². The van der Waals surface area contributed by atoms with E-state index in [0.717, 1.165) is 36.5 Å². The van der Waals surface area contributed by atoms with Crippen molar-refractivity contribution >= 4 is 5.91 Å². The lowest BCUT2D eigenvalue weighted by atomic mass is 10.1. The number of aromatic nitrogens is 2. The average Bonchev–Trinajstić information content (AvgIpc) is 3.27. The molecule has 0 spiro atoms. The predicted molar refractivity (Wildman–Crippen MR) is 133 cm³/mol. The number of carbonyl (C=O) groups excluding carboxylic acids is 1. The van der Waals surface area contributed by atoms with E-state index in [1.54, 1.807) is 7.11 Å². The van der Waals surface area contributed by atoms with Crippen molar-refractivity contribution in [3.05, 3.63) is 71.9 Å². The fourth-order valence-corrected chi connectivity index (χ4v) is 4.31. The molecule has 0 radical (unpaired) electrons. The molecule has 34 heavy (non-hydrogen) atoms. The number of hydrogen-bond acceptors (Lipinski definition) is 5. The van der Waals surface area contributed by atoms with Crippen molar-refractivity contribution in [2.45, 2.75) is 26.5 Å². The Kier molecular flexibility index (Phi) is 7.98. The van der Waals surface area contributed by atoms with E-state index in [-0.39, 0.29) is 12.0 Å². The molecule has 1 atom stereocenters. The fourth-order valence-electron chi connectivity index (χ4n) is 4.31. The molecule has 2 heterocycles. The van der Waals surface area contributed by atoms with Gasteiger partial charge in [0, 0.05) is 37.9 Å². The van der Waals surface area contributed by atoms with Gasteiger partial charge in [-0.2, -0.15) is 5.10 Å². The van der Waals surface area contributed by atoms with Crippen LogP contribution in [0.15, 0.2) is 60.8 Å². The van der Waals surface area contributed by atoms with Crippen molar-refractivity contribution in [2.24, 2.45) is 5.92 Å². The van der Waals surface area contributed by atoms with Crippen LogP contribution in [0.4, 0.5) is 0 Å². The number of hydrogen-bond donors (Lipinski definition) is 1. The molecule has 2 aromatic carbocycles. The summed E-state index contributed by atoms with van der Waals surface area (Å²) < 4.78 is 13.1. The predicted octanol–water partition coefficient (Wildman–Crippen LogP) is 3.69. The molecule has 0 saturated carbocycles. The van der Waals surface area contributed by atoms with E-state index >= 15 is 0 Å². The van der Waals surface area contributed by atoms with Crippen molar-refractivity contribution in [1.29, 1.82) is 0 Å². The van der Waals surface area contributed by atoms with Gasteiger partial charge in [0.25, 0.3) is 5.91 Å². The Labute approximate surface area is 201 Å². The van der Waals surface area contributed by atoms with E-state index in [0.29, 0.717) is 36.9 Å². The lowest BCUT2D eigenvalue weighted by Gasteiger charge is -2.33. The van der Waals surface area contributed by atoms with Crippen LogP contribution >= 0.6 is 0 Å². The van der Waals surface area contributed by atoms with Gasteiger partial charge < -0.3 is 14.8 Å². The molecule has 0 bridgehead atoms. The highest BCUT2D eigenvalue weighted by Crippen LogP contribution is 2.26. The first kappa shape index (κ1) is 24.0. The number of methoxy groups -OCH3 is 1. The Morgan fingerprint density at radius 2 is 2.03 bits per heavy atom. The van der Waals surface area contributed by atoms with Crippen LogP contribution in [0, 0.1) is 5.92 Å². The van der Waals surface area contributed by atoms with E-state index in [1.807, 2.05) is 53.3 Å². The van der Waals surface area contributed by atoms with Gasteiger partial charge in [0.2, 0.25) is 0 Å². The number of nitrogens with zero attached hydrogens (tertiary/aromatic N) is 3. The van der Waals surface area contributed by atoms with Gasteiger partial charge in [-0.25, -0.2) is 0 Å². The molecule has 1 unspecified atom stereocenters. The van der Waals surface area contributed by atoms with Gasteiger partial charge in [0.05, 0.1) is 31.9 Å². The lowest BCUT2D eigenvalue weighted by molar-refractivity contribution is -0.0295. The summed E-state index contributed by atoms with van der Waals surface area (Å²) in [5.74, 6) is 1.18. The molecule has 1 aliphatic heterocycles. The first-order valence-electron chi connectivity index (χ1n) is 11.9. The smallest absolute Gasteiger partial charge is 0.255 e. The van der Waals surface area contributed by atoms with Crippen molar-refractivity contribution in [3.63, 3.8) is 0 Å². The summed E-state index contributed by atoms with van der Waals surface area (Å²) >= 11 is 0. The van der Waals surface area contributed by atoms with Crippen LogP contribution in [0.5, 0.6) is 5.75 Å². The van der Waals surface area contributed by atoms with Crippen molar-refractivity contribution in [3.8, 4) is 17.0 Å². The molecule has 3 aromatic rings. The van der Waals surface area contributed by atoms with Gasteiger partial charge in [-0.15, -0.1) is 0 Å². The van der Waals surface area contributed by atoms with Gasteiger partial charge in [-0.1, -0.05) is 56.3 Å². The maximum Gasteiger partial charge on any atom is 0.255 e. The third kappa shape index (κ3) is 6.24. The van der Waals surface area contributed by atoms with Crippen LogP contribution in [0.3, 0.4) is 0 Å². The van der Waals surface area contributed by atoms with Crippen LogP contribution < -0.4 is 10.1 Å². The van der Waals surface area contributed by atoms with Gasteiger partial charge in [-0.05, 0) is 23.6 Å². The zero-order valence-electron chi connectivity index (χ0n) is 20.2. The second kappa shape index (κ2) is 11.3. The highest BCUT2D eigenvalue weighted by atomic mass is 16.5. The Hall–Kier alpha value is -3.16. The number of carbonyl (C=O) groups is 1. The molecule has 1 fully saturated rings. The monoisotopic (exact) mass is 462 g/mol. The van der Waals surface area contributed by atoms with Crippen molar-refractivity contribution in [1.82, 2.24) is 20.0 Å². The van der Waals surface area contributed by atoms with Crippen LogP contribution in [-0.2, 0) is 11.3 Å². The van der Waals surface area contributed by atoms with E-state index in [4.69, 9.17) is 14.6 Å². The summed E-state index contributed by atoms with van der Waals surface area (Å²) in [5.41, 5.74) is 3.14. The summed E-state index contributed by atoms with van der Waals surface area (Å²) in [6.45, 7) is 9.00. The standard InChI is InChI=1S/C27H34N4O3/c1-20(2)16-30-12-13-34-24(18-30)15-28-27(32)25-19-31(17-21-8-5-4-6-9-21)29-26(25)22-10-7-11-23(14-22)33-3/h4-11,14,19-20,24H,12-13,15-18H2,1-3H3,(H,28,32). The third-order valence-corrected chi connectivity index (χ3v) is 5.87. The van der Waals surface area contributed by atoms with Gasteiger partial charge in [0.1, 0.15) is 11.4 Å². The van der Waals surface area contributed by atoms with Crippen LogP contribution in [0.25, 0.3) is 11.3 Å². The first-order chi connectivity index (χ1) is 16.5. The SMILES string of the molecule is COc1cccc(-c2nn(Cc3ccccc3)cc2C(=O)NCC2CN(CC(C)C)CCO2)c1. The summed E-state index contributed by atoms with van der Waals surface area (Å²) in [5, 5.41) is 7.86. The maximum absolute atomic E-state index is 13.3. The molecule has 4 rings (SSSR count). The Morgan fingerprint density at radius 3 is 2.79 bits per heavy atom. The molecule has 0 aliphatic carbocycles. The number of morpholine rings is 1.